The van der Waals surface area contributed by atoms with Gasteiger partial charge in [0.15, 0.2) is 5.56 Å². The van der Waals surface area contributed by atoms with Crippen molar-refractivity contribution in [2.24, 2.45) is 0 Å². The van der Waals surface area contributed by atoms with Crippen molar-refractivity contribution in [1.82, 2.24) is 0 Å². The summed E-state index contributed by atoms with van der Waals surface area (Å²) in [7, 11) is 0. The van der Waals surface area contributed by atoms with Crippen LogP contribution in [0.4, 0.5) is 5.82 Å². The van der Waals surface area contributed by atoms with Gasteiger partial charge in [-0.05, 0) is 59.5 Å². The molecule has 4 rings (SSSR count). The number of aromatic amines is 1. The number of aromatic nitrogens is 1. The summed E-state index contributed by atoms with van der Waals surface area (Å²) in [4.78, 5) is 3.20. The van der Waals surface area contributed by atoms with Crippen LogP contribution in [-0.2, 0) is 19.4 Å². The number of nitrogen functional groups attached to an aromatic ring is 1. The van der Waals surface area contributed by atoms with Crippen molar-refractivity contribution in [1.29, 1.82) is 5.26 Å². The largest absolute Gasteiger partial charge is 0.484 e. The van der Waals surface area contributed by atoms with Gasteiger partial charge in [0.2, 0.25) is 0 Å². The Morgan fingerprint density at radius 2 is 2.00 bits per heavy atom. The van der Waals surface area contributed by atoms with E-state index in [4.69, 9.17) is 14.9 Å². The van der Waals surface area contributed by atoms with Gasteiger partial charge in [-0.2, -0.15) is 5.26 Å². The monoisotopic (exact) mass is 424 g/mol. The van der Waals surface area contributed by atoms with E-state index < -0.39 is 0 Å². The number of hydrogen-bond donors (Lipinski definition) is 1. The Morgan fingerprint density at radius 1 is 1.19 bits per heavy atom. The number of ether oxygens (including phenoxy) is 1. The Bertz CT molecular complexity index is 1040. The van der Waals surface area contributed by atoms with Crippen LogP contribution in [0.2, 0.25) is 0 Å². The topological polar surface area (TPSA) is 86.3 Å². The molecule has 0 saturated carbocycles. The van der Waals surface area contributed by atoms with Crippen LogP contribution in [0.1, 0.15) is 35.4 Å². The van der Waals surface area contributed by atoms with Crippen molar-refractivity contribution in [2.45, 2.75) is 32.3 Å². The molecule has 0 bridgehead atoms. The Hall–Kier alpha value is -2.78. The number of rotatable bonds is 4. The molecule has 2 heterocycles. The number of H-pyrrole nitrogens is 1. The zero-order chi connectivity index (χ0) is 18.8. The number of aryl methyl sites for hydroxylation is 1. The van der Waals surface area contributed by atoms with E-state index >= 15 is 0 Å². The standard InChI is InChI=1S/C21H18BrN3O2/c22-16-6-2-4-8-18(16)26-12-13-9-10-19(27-13)20-14-5-1-3-7-17(14)25-21(24)15(20)11-23/h2,4,6,8-10H,1,3,5,7,12H2,(H2,24,25)/p+1. The maximum absolute atomic E-state index is 9.63. The van der Waals surface area contributed by atoms with E-state index in [1.807, 2.05) is 36.4 Å². The van der Waals surface area contributed by atoms with E-state index in [0.717, 1.165) is 52.7 Å². The molecule has 0 fully saturated rings. The molecule has 0 saturated heterocycles. The molecule has 6 heteroatoms. The molecule has 27 heavy (non-hydrogen) atoms. The summed E-state index contributed by atoms with van der Waals surface area (Å²) in [6, 6.07) is 13.7. The zero-order valence-corrected chi connectivity index (χ0v) is 16.3. The molecule has 3 N–H and O–H groups in total. The average molecular weight is 425 g/mol. The van der Waals surface area contributed by atoms with Crippen molar-refractivity contribution >= 4 is 21.7 Å². The minimum absolute atomic E-state index is 0.307. The van der Waals surface area contributed by atoms with Crippen molar-refractivity contribution in [3.8, 4) is 23.1 Å². The number of anilines is 1. The Morgan fingerprint density at radius 3 is 2.81 bits per heavy atom. The van der Waals surface area contributed by atoms with Crippen LogP contribution in [0.3, 0.4) is 0 Å². The predicted octanol–water partition coefficient (Wildman–Crippen LogP) is 4.43. The van der Waals surface area contributed by atoms with E-state index in [0.29, 0.717) is 29.5 Å². The van der Waals surface area contributed by atoms with Gasteiger partial charge in [-0.3, -0.25) is 5.73 Å². The second-order valence-electron chi connectivity index (χ2n) is 6.55. The van der Waals surface area contributed by atoms with Crippen LogP contribution < -0.4 is 15.5 Å². The third kappa shape index (κ3) is 3.43. The number of nitrogens with zero attached hydrogens (tertiary/aromatic N) is 1. The molecule has 1 aromatic carbocycles. The lowest BCUT2D eigenvalue weighted by atomic mass is 9.89. The summed E-state index contributed by atoms with van der Waals surface area (Å²) < 4.78 is 12.8. The van der Waals surface area contributed by atoms with E-state index in [1.165, 1.54) is 0 Å². The number of benzene rings is 1. The number of hydrogen-bond acceptors (Lipinski definition) is 4. The molecule has 0 amide bonds. The SMILES string of the molecule is N#Cc1c(N)[nH+]c2c(c1-c1ccc(COc3ccccc3Br)o1)CCCC2. The first-order chi connectivity index (χ1) is 13.2. The van der Waals surface area contributed by atoms with Crippen molar-refractivity contribution in [2.75, 3.05) is 5.73 Å². The highest BCUT2D eigenvalue weighted by molar-refractivity contribution is 9.10. The maximum atomic E-state index is 9.63. The number of nitriles is 1. The van der Waals surface area contributed by atoms with Gasteiger partial charge in [0.05, 0.1) is 10.0 Å². The summed E-state index contributed by atoms with van der Waals surface area (Å²) in [6.07, 6.45) is 4.08. The molecule has 136 valence electrons. The van der Waals surface area contributed by atoms with Crippen molar-refractivity contribution in [3.05, 3.63) is 63.5 Å². The number of halogens is 1. The first-order valence-electron chi connectivity index (χ1n) is 8.90. The van der Waals surface area contributed by atoms with Crippen LogP contribution in [0.25, 0.3) is 11.3 Å². The second kappa shape index (κ2) is 7.45. The third-order valence-electron chi connectivity index (χ3n) is 4.80. The summed E-state index contributed by atoms with van der Waals surface area (Å²) in [6.45, 7) is 0.307. The normalized spacial score (nSPS) is 13.0. The molecule has 0 spiro atoms. The molecule has 0 aliphatic heterocycles. The number of pyridine rings is 1. The first kappa shape index (κ1) is 17.6. The highest BCUT2D eigenvalue weighted by Gasteiger charge is 2.26. The third-order valence-corrected chi connectivity index (χ3v) is 5.46. The molecule has 0 unspecified atom stereocenters. The number of furan rings is 1. The van der Waals surface area contributed by atoms with Crippen molar-refractivity contribution < 1.29 is 14.1 Å². The summed E-state index contributed by atoms with van der Waals surface area (Å²) in [5.74, 6) is 2.51. The van der Waals surface area contributed by atoms with Crippen LogP contribution in [-0.4, -0.2) is 0 Å². The highest BCUT2D eigenvalue weighted by Crippen LogP contribution is 2.35. The summed E-state index contributed by atoms with van der Waals surface area (Å²) in [5, 5.41) is 9.63. The maximum Gasteiger partial charge on any atom is 0.289 e. The fraction of sp³-hybridized carbons (Fsp3) is 0.238. The van der Waals surface area contributed by atoms with E-state index in [1.54, 1.807) is 0 Å². The van der Waals surface area contributed by atoms with Gasteiger partial charge >= 0.3 is 0 Å². The van der Waals surface area contributed by atoms with Gasteiger partial charge in [0, 0.05) is 12.0 Å². The molecular formula is C21H19BrN3O2+. The van der Waals surface area contributed by atoms with Crippen LogP contribution in [0.5, 0.6) is 5.75 Å². The Kier molecular flexibility index (Phi) is 4.87. The number of para-hydroxylation sites is 1. The second-order valence-corrected chi connectivity index (χ2v) is 7.40. The number of nitrogens with two attached hydrogens (primary N) is 1. The minimum Gasteiger partial charge on any atom is -0.484 e. The van der Waals surface area contributed by atoms with E-state index in [9.17, 15) is 5.26 Å². The smallest absolute Gasteiger partial charge is 0.289 e. The summed E-state index contributed by atoms with van der Waals surface area (Å²) >= 11 is 3.47. The minimum atomic E-state index is 0.307. The highest BCUT2D eigenvalue weighted by atomic mass is 79.9. The average Bonchev–Trinajstić information content (AvgIpc) is 3.15. The summed E-state index contributed by atoms with van der Waals surface area (Å²) in [5.41, 5.74) is 9.61. The molecule has 0 radical (unpaired) electrons. The molecule has 1 aliphatic carbocycles. The lowest BCUT2D eigenvalue weighted by Gasteiger charge is -2.17. The van der Waals surface area contributed by atoms with Gasteiger partial charge in [-0.1, -0.05) is 12.1 Å². The van der Waals surface area contributed by atoms with E-state index in [2.05, 4.69) is 27.0 Å². The predicted molar refractivity (Wildman–Crippen MR) is 105 cm³/mol. The molecule has 0 atom stereocenters. The van der Waals surface area contributed by atoms with Gasteiger partial charge in [-0.15, -0.1) is 0 Å². The molecule has 2 aromatic heterocycles. The van der Waals surface area contributed by atoms with Crippen LogP contribution >= 0.6 is 15.9 Å². The van der Waals surface area contributed by atoms with Gasteiger partial charge < -0.3 is 9.15 Å². The van der Waals surface area contributed by atoms with Gasteiger partial charge in [0.25, 0.3) is 5.82 Å². The first-order valence-corrected chi connectivity index (χ1v) is 9.69. The molecule has 3 aromatic rings. The number of nitrogens with one attached hydrogen (secondary N) is 1. The lowest BCUT2D eigenvalue weighted by molar-refractivity contribution is -0.374. The molecular weight excluding hydrogens is 406 g/mol. The molecule has 1 aliphatic rings. The quantitative estimate of drug-likeness (QED) is 0.670. The Labute approximate surface area is 165 Å². The van der Waals surface area contributed by atoms with Crippen LogP contribution in [0.15, 0.2) is 45.3 Å². The van der Waals surface area contributed by atoms with Gasteiger partial charge in [-0.25, -0.2) is 4.98 Å². The van der Waals surface area contributed by atoms with Crippen LogP contribution in [0, 0.1) is 11.3 Å². The molecule has 5 nitrogen and oxygen atoms in total. The van der Waals surface area contributed by atoms with Gasteiger partial charge in [0.1, 0.15) is 35.6 Å². The lowest BCUT2D eigenvalue weighted by Crippen LogP contribution is -2.24. The number of fused-ring (bicyclic) bond motifs is 1. The van der Waals surface area contributed by atoms with E-state index in [-0.39, 0.29) is 0 Å². The Balaban J connectivity index is 1.66. The fourth-order valence-corrected chi connectivity index (χ4v) is 3.92. The zero-order valence-electron chi connectivity index (χ0n) is 14.7. The fourth-order valence-electron chi connectivity index (χ4n) is 3.52. The van der Waals surface area contributed by atoms with Crippen molar-refractivity contribution in [3.63, 3.8) is 0 Å².